The highest BCUT2D eigenvalue weighted by molar-refractivity contribution is 6.14. The van der Waals surface area contributed by atoms with E-state index < -0.39 is 0 Å². The zero-order valence-corrected chi connectivity index (χ0v) is 34.4. The van der Waals surface area contributed by atoms with E-state index in [2.05, 4.69) is 250 Å². The number of nitrogens with zero attached hydrogens (tertiary/aromatic N) is 3. The fourth-order valence-electron chi connectivity index (χ4n) is 10.2. The molecule has 294 valence electrons. The number of rotatable bonds is 6. The highest BCUT2D eigenvalue weighted by Crippen LogP contribution is 2.41. The van der Waals surface area contributed by atoms with Gasteiger partial charge in [-0.25, -0.2) is 0 Å². The Morgan fingerprint density at radius 2 is 0.651 bits per heavy atom. The van der Waals surface area contributed by atoms with E-state index in [1.807, 2.05) is 0 Å². The van der Waals surface area contributed by atoms with Gasteiger partial charge in [-0.3, -0.25) is 0 Å². The number of benzene rings is 10. The Hall–Kier alpha value is -8.40. The van der Waals surface area contributed by atoms with Gasteiger partial charge in [0.05, 0.1) is 38.8 Å². The van der Waals surface area contributed by atoms with Gasteiger partial charge in [-0.2, -0.15) is 0 Å². The van der Waals surface area contributed by atoms with Crippen LogP contribution in [-0.4, -0.2) is 13.7 Å². The summed E-state index contributed by atoms with van der Waals surface area (Å²) in [6.45, 7) is 0. The molecule has 0 radical (unpaired) electrons. The topological polar surface area (TPSA) is 14.8 Å². The molecule has 13 aromatic rings. The molecular weight excluding hydrogens is 763 g/mol. The second kappa shape index (κ2) is 14.1. The molecule has 0 aliphatic carbocycles. The van der Waals surface area contributed by atoms with Gasteiger partial charge >= 0.3 is 0 Å². The first kappa shape index (κ1) is 35.4. The van der Waals surface area contributed by atoms with E-state index in [0.717, 1.165) is 11.4 Å². The van der Waals surface area contributed by atoms with Gasteiger partial charge in [-0.15, -0.1) is 0 Å². The second-order valence-corrected chi connectivity index (χ2v) is 16.5. The predicted molar refractivity (Wildman–Crippen MR) is 266 cm³/mol. The van der Waals surface area contributed by atoms with Crippen LogP contribution in [0.1, 0.15) is 0 Å². The molecule has 0 unspecified atom stereocenters. The summed E-state index contributed by atoms with van der Waals surface area (Å²) in [5, 5.41) is 7.43. The van der Waals surface area contributed by atoms with E-state index in [1.54, 1.807) is 0 Å². The third-order valence-corrected chi connectivity index (χ3v) is 13.0. The molecule has 0 aliphatic rings. The Bertz CT molecular complexity index is 3890. The minimum absolute atomic E-state index is 1.14. The van der Waals surface area contributed by atoms with E-state index >= 15 is 0 Å². The summed E-state index contributed by atoms with van der Waals surface area (Å²) in [7, 11) is 0. The maximum atomic E-state index is 2.44. The molecule has 10 aromatic carbocycles. The molecule has 3 aromatic heterocycles. The van der Waals surface area contributed by atoms with Crippen LogP contribution in [0, 0.1) is 0 Å². The molecule has 0 amide bonds. The molecule has 0 aliphatic heterocycles. The van der Waals surface area contributed by atoms with Crippen LogP contribution >= 0.6 is 0 Å². The largest absolute Gasteiger partial charge is 0.309 e. The molecule has 3 nitrogen and oxygen atoms in total. The Kier molecular flexibility index (Phi) is 7.91. The molecule has 0 atom stereocenters. The van der Waals surface area contributed by atoms with Crippen LogP contribution in [0.4, 0.5) is 0 Å². The summed E-state index contributed by atoms with van der Waals surface area (Å²) in [5.41, 5.74) is 17.9. The average molecular weight is 802 g/mol. The van der Waals surface area contributed by atoms with Crippen LogP contribution in [0.3, 0.4) is 0 Å². The number of fused-ring (bicyclic) bond motifs is 9. The first-order valence-corrected chi connectivity index (χ1v) is 21.7. The number of hydrogen-bond donors (Lipinski definition) is 0. The van der Waals surface area contributed by atoms with Gasteiger partial charge in [0.25, 0.3) is 0 Å². The van der Waals surface area contributed by atoms with Crippen molar-refractivity contribution in [3.05, 3.63) is 237 Å². The Morgan fingerprint density at radius 3 is 1.33 bits per heavy atom. The van der Waals surface area contributed by atoms with Gasteiger partial charge in [0, 0.05) is 49.3 Å². The van der Waals surface area contributed by atoms with Crippen LogP contribution in [-0.2, 0) is 0 Å². The van der Waals surface area contributed by atoms with Crippen molar-refractivity contribution in [2.24, 2.45) is 0 Å². The molecule has 0 bridgehead atoms. The highest BCUT2D eigenvalue weighted by Gasteiger charge is 2.20. The summed E-state index contributed by atoms with van der Waals surface area (Å²) in [6, 6.07) is 86.4. The molecule has 63 heavy (non-hydrogen) atoms. The summed E-state index contributed by atoms with van der Waals surface area (Å²) in [4.78, 5) is 0. The lowest BCUT2D eigenvalue weighted by atomic mass is 9.99. The van der Waals surface area contributed by atoms with Crippen molar-refractivity contribution >= 4 is 65.4 Å². The Morgan fingerprint density at radius 1 is 0.206 bits per heavy atom. The quantitative estimate of drug-likeness (QED) is 0.159. The van der Waals surface area contributed by atoms with Gasteiger partial charge < -0.3 is 13.7 Å². The van der Waals surface area contributed by atoms with Crippen molar-refractivity contribution in [2.45, 2.75) is 0 Å². The minimum Gasteiger partial charge on any atom is -0.309 e. The molecule has 3 heteroatoms. The highest BCUT2D eigenvalue weighted by atomic mass is 15.0. The van der Waals surface area contributed by atoms with Crippen LogP contribution in [0.15, 0.2) is 237 Å². The fourth-order valence-corrected chi connectivity index (χ4v) is 10.2. The van der Waals surface area contributed by atoms with Crippen LogP contribution in [0.25, 0.3) is 116 Å². The van der Waals surface area contributed by atoms with Crippen LogP contribution < -0.4 is 0 Å². The second-order valence-electron chi connectivity index (χ2n) is 16.5. The van der Waals surface area contributed by atoms with Gasteiger partial charge in [0.15, 0.2) is 0 Å². The average Bonchev–Trinajstić information content (AvgIpc) is 3.99. The van der Waals surface area contributed by atoms with Crippen molar-refractivity contribution in [2.75, 3.05) is 0 Å². The summed E-state index contributed by atoms with van der Waals surface area (Å²) >= 11 is 0. The van der Waals surface area contributed by atoms with Crippen LogP contribution in [0.5, 0.6) is 0 Å². The molecule has 0 spiro atoms. The molecule has 0 fully saturated rings. The third kappa shape index (κ3) is 5.53. The van der Waals surface area contributed by atoms with Crippen LogP contribution in [0.2, 0.25) is 0 Å². The smallest absolute Gasteiger partial charge is 0.0547 e. The molecule has 3 heterocycles. The zero-order chi connectivity index (χ0) is 41.4. The standard InChI is InChI=1S/C60H39N3/c1-4-16-40(17-5-1)44-28-32-50-52-37-43(29-33-57(52)61(60(50)38-44)45-20-8-3-9-21-45)42-30-34-58-51(36-42)48-23-11-14-26-55(48)62(58)46-31-35-59-53(39-46)49-24-12-15-27-56(49)63(59)54-25-13-10-22-47(54)41-18-6-2-7-19-41/h1-39H. The minimum atomic E-state index is 1.14. The SMILES string of the molecule is c1ccc(-c2ccc3c4cc(-c5ccc6c(c5)c5ccccc5n6-c5ccc6c(c5)c5ccccc5n6-c5ccccc5-c5ccccc5)ccc4n(-c4ccccc4)c3c2)cc1. The van der Waals surface area contributed by atoms with Gasteiger partial charge in [0.2, 0.25) is 0 Å². The summed E-state index contributed by atoms with van der Waals surface area (Å²) in [5.74, 6) is 0. The normalized spacial score (nSPS) is 11.8. The van der Waals surface area contributed by atoms with E-state index in [9.17, 15) is 0 Å². The van der Waals surface area contributed by atoms with E-state index in [4.69, 9.17) is 0 Å². The van der Waals surface area contributed by atoms with Gasteiger partial charge in [-0.1, -0.05) is 158 Å². The van der Waals surface area contributed by atoms with Crippen molar-refractivity contribution in [1.29, 1.82) is 0 Å². The molecule has 0 N–H and O–H groups in total. The number of hydrogen-bond acceptors (Lipinski definition) is 0. The molecule has 0 saturated heterocycles. The predicted octanol–water partition coefficient (Wildman–Crippen LogP) is 16.0. The van der Waals surface area contributed by atoms with Crippen molar-refractivity contribution in [3.8, 4) is 50.4 Å². The van der Waals surface area contributed by atoms with E-state index in [1.165, 1.54) is 104 Å². The van der Waals surface area contributed by atoms with Crippen molar-refractivity contribution < 1.29 is 0 Å². The maximum absolute atomic E-state index is 2.44. The fraction of sp³-hybridized carbons (Fsp3) is 0. The lowest BCUT2D eigenvalue weighted by Gasteiger charge is -2.14. The zero-order valence-electron chi connectivity index (χ0n) is 34.4. The molecule has 0 saturated carbocycles. The summed E-state index contributed by atoms with van der Waals surface area (Å²) < 4.78 is 7.29. The number of para-hydroxylation sites is 4. The van der Waals surface area contributed by atoms with Crippen molar-refractivity contribution in [3.63, 3.8) is 0 Å². The molecule has 13 rings (SSSR count). The Labute approximate surface area is 364 Å². The monoisotopic (exact) mass is 801 g/mol. The Balaban J connectivity index is 0.970. The van der Waals surface area contributed by atoms with E-state index in [0.29, 0.717) is 0 Å². The van der Waals surface area contributed by atoms with Crippen molar-refractivity contribution in [1.82, 2.24) is 13.7 Å². The van der Waals surface area contributed by atoms with E-state index in [-0.39, 0.29) is 0 Å². The van der Waals surface area contributed by atoms with Gasteiger partial charge in [0.1, 0.15) is 0 Å². The molecular formula is C60H39N3. The summed E-state index contributed by atoms with van der Waals surface area (Å²) in [6.07, 6.45) is 0. The third-order valence-electron chi connectivity index (χ3n) is 13.0. The van der Waals surface area contributed by atoms with Gasteiger partial charge in [-0.05, 0) is 107 Å². The lowest BCUT2D eigenvalue weighted by Crippen LogP contribution is -1.98. The first-order valence-electron chi connectivity index (χ1n) is 21.7. The maximum Gasteiger partial charge on any atom is 0.0547 e. The first-order chi connectivity index (χ1) is 31.3. The lowest BCUT2D eigenvalue weighted by molar-refractivity contribution is 1.17. The number of aromatic nitrogens is 3.